The van der Waals surface area contributed by atoms with Crippen LogP contribution in [0, 0.1) is 6.92 Å². The van der Waals surface area contributed by atoms with Gasteiger partial charge in [-0.2, -0.15) is 0 Å². The van der Waals surface area contributed by atoms with E-state index >= 15 is 0 Å². The molecule has 0 N–H and O–H groups in total. The van der Waals surface area contributed by atoms with E-state index in [0.717, 1.165) is 50.3 Å². The molecule has 154 valence electrons. The maximum absolute atomic E-state index is 11.3. The van der Waals surface area contributed by atoms with Crippen LogP contribution in [0.4, 0.5) is 5.69 Å². The number of anilines is 1. The van der Waals surface area contributed by atoms with E-state index in [-0.39, 0.29) is 18.0 Å². The predicted molar refractivity (Wildman–Crippen MR) is 120 cm³/mol. The summed E-state index contributed by atoms with van der Waals surface area (Å²) >= 11 is 0. The number of aryl methyl sites for hydroxylation is 1. The number of piperazine rings is 1. The molecule has 1 aliphatic heterocycles. The Hall–Kier alpha value is -2.50. The molecule has 0 spiro atoms. The normalized spacial score (nSPS) is 14.6. The molecule has 3 aromatic rings. The second-order valence-electron chi connectivity index (χ2n) is 7.32. The number of rotatable bonds is 6. The summed E-state index contributed by atoms with van der Waals surface area (Å²) < 4.78 is 11.1. The van der Waals surface area contributed by atoms with Crippen LogP contribution in [-0.2, 0) is 0 Å². The lowest BCUT2D eigenvalue weighted by atomic mass is 10.2. The minimum atomic E-state index is -0.338. The van der Waals surface area contributed by atoms with Gasteiger partial charge in [-0.05, 0) is 49.2 Å². The highest BCUT2D eigenvalue weighted by Gasteiger charge is 2.16. The van der Waals surface area contributed by atoms with Crippen LogP contribution in [-0.4, -0.2) is 44.2 Å². The molecular formula is C23H27ClN2O3. The van der Waals surface area contributed by atoms with Crippen molar-refractivity contribution in [1.82, 2.24) is 4.90 Å². The van der Waals surface area contributed by atoms with Crippen LogP contribution in [0.3, 0.4) is 0 Å². The molecule has 1 saturated heterocycles. The highest BCUT2D eigenvalue weighted by atomic mass is 35.5. The molecule has 1 aliphatic rings. The van der Waals surface area contributed by atoms with Crippen molar-refractivity contribution in [3.63, 3.8) is 0 Å². The van der Waals surface area contributed by atoms with Gasteiger partial charge in [0.15, 0.2) is 0 Å². The van der Waals surface area contributed by atoms with Crippen LogP contribution >= 0.6 is 12.4 Å². The smallest absolute Gasteiger partial charge is 0.336 e. The zero-order valence-electron chi connectivity index (χ0n) is 16.7. The lowest BCUT2D eigenvalue weighted by molar-refractivity contribution is 0.225. The number of hydrogen-bond acceptors (Lipinski definition) is 5. The standard InChI is InChI=1S/C23H26N2O3.ClH/c1-18-4-2-5-20(16-18)25-13-11-24(12-14-25)10-3-15-27-21-8-6-19-7-9-23(26)28-22(19)17-21;/h2,4-9,16-17H,3,10-15H2,1H3;1H. The molecule has 0 saturated carbocycles. The van der Waals surface area contributed by atoms with Crippen LogP contribution in [0.25, 0.3) is 11.0 Å². The Labute approximate surface area is 177 Å². The van der Waals surface area contributed by atoms with Crippen LogP contribution < -0.4 is 15.3 Å². The number of halogens is 1. The molecule has 6 heteroatoms. The molecule has 5 nitrogen and oxygen atoms in total. The van der Waals surface area contributed by atoms with E-state index in [9.17, 15) is 4.79 Å². The zero-order chi connectivity index (χ0) is 19.3. The van der Waals surface area contributed by atoms with Crippen molar-refractivity contribution >= 4 is 29.1 Å². The second-order valence-corrected chi connectivity index (χ2v) is 7.32. The van der Waals surface area contributed by atoms with Gasteiger partial charge in [-0.15, -0.1) is 12.4 Å². The number of hydrogen-bond donors (Lipinski definition) is 0. The third kappa shape index (κ3) is 5.52. The van der Waals surface area contributed by atoms with E-state index in [1.807, 2.05) is 12.1 Å². The van der Waals surface area contributed by atoms with E-state index in [1.165, 1.54) is 17.3 Å². The number of benzene rings is 2. The SMILES string of the molecule is Cc1cccc(N2CCN(CCCOc3ccc4ccc(=O)oc4c3)CC2)c1.Cl. The molecule has 1 fully saturated rings. The molecule has 0 unspecified atom stereocenters. The quantitative estimate of drug-likeness (QED) is 0.448. The van der Waals surface area contributed by atoms with E-state index in [2.05, 4.69) is 41.0 Å². The van der Waals surface area contributed by atoms with Crippen molar-refractivity contribution in [2.75, 3.05) is 44.2 Å². The molecule has 1 aromatic heterocycles. The fourth-order valence-electron chi connectivity index (χ4n) is 3.66. The summed E-state index contributed by atoms with van der Waals surface area (Å²) in [6.07, 6.45) is 0.973. The Morgan fingerprint density at radius 3 is 2.59 bits per heavy atom. The minimum absolute atomic E-state index is 0. The van der Waals surface area contributed by atoms with Crippen LogP contribution in [0.15, 0.2) is 63.8 Å². The summed E-state index contributed by atoms with van der Waals surface area (Å²) in [5.74, 6) is 0.742. The third-order valence-electron chi connectivity index (χ3n) is 5.22. The maximum atomic E-state index is 11.3. The van der Waals surface area contributed by atoms with Crippen molar-refractivity contribution < 1.29 is 9.15 Å². The van der Waals surface area contributed by atoms with Gasteiger partial charge in [0.25, 0.3) is 0 Å². The van der Waals surface area contributed by atoms with Crippen molar-refractivity contribution in [3.8, 4) is 5.75 Å². The Morgan fingerprint density at radius 1 is 1.00 bits per heavy atom. The minimum Gasteiger partial charge on any atom is -0.493 e. The molecule has 4 rings (SSSR count). The largest absolute Gasteiger partial charge is 0.493 e. The van der Waals surface area contributed by atoms with Crippen molar-refractivity contribution in [1.29, 1.82) is 0 Å². The number of fused-ring (bicyclic) bond motifs is 1. The first-order valence-electron chi connectivity index (χ1n) is 9.88. The van der Waals surface area contributed by atoms with Gasteiger partial charge in [0.2, 0.25) is 0 Å². The molecule has 0 bridgehead atoms. The van der Waals surface area contributed by atoms with Crippen LogP contribution in [0.5, 0.6) is 5.75 Å². The van der Waals surface area contributed by atoms with Crippen molar-refractivity contribution in [2.45, 2.75) is 13.3 Å². The van der Waals surface area contributed by atoms with E-state index in [0.29, 0.717) is 12.2 Å². The van der Waals surface area contributed by atoms with E-state index < -0.39 is 0 Å². The molecule has 0 radical (unpaired) electrons. The summed E-state index contributed by atoms with van der Waals surface area (Å²) in [5.41, 5.74) is 2.86. The van der Waals surface area contributed by atoms with Gasteiger partial charge in [0.05, 0.1) is 6.61 Å². The van der Waals surface area contributed by atoms with Crippen LogP contribution in [0.1, 0.15) is 12.0 Å². The Bertz CT molecular complexity index is 997. The van der Waals surface area contributed by atoms with Gasteiger partial charge >= 0.3 is 5.63 Å². The summed E-state index contributed by atoms with van der Waals surface area (Å²) in [5, 5.41) is 0.901. The molecule has 0 aliphatic carbocycles. The van der Waals surface area contributed by atoms with Gasteiger partial charge in [-0.3, -0.25) is 4.90 Å². The molecule has 29 heavy (non-hydrogen) atoms. The van der Waals surface area contributed by atoms with Gasteiger partial charge < -0.3 is 14.1 Å². The Kier molecular flexibility index (Phi) is 7.18. The first kappa shape index (κ1) is 21.2. The first-order chi connectivity index (χ1) is 13.7. The van der Waals surface area contributed by atoms with Crippen LogP contribution in [0.2, 0.25) is 0 Å². The lowest BCUT2D eigenvalue weighted by Gasteiger charge is -2.36. The van der Waals surface area contributed by atoms with E-state index in [4.69, 9.17) is 9.15 Å². The number of nitrogens with zero attached hydrogens (tertiary/aromatic N) is 2. The fourth-order valence-corrected chi connectivity index (χ4v) is 3.66. The highest BCUT2D eigenvalue weighted by Crippen LogP contribution is 2.20. The summed E-state index contributed by atoms with van der Waals surface area (Å²) in [6.45, 7) is 8.11. The van der Waals surface area contributed by atoms with Gasteiger partial charge in [0.1, 0.15) is 11.3 Å². The average Bonchev–Trinajstić information content (AvgIpc) is 2.71. The Balaban J connectivity index is 0.00000240. The molecule has 0 amide bonds. The second kappa shape index (κ2) is 9.81. The van der Waals surface area contributed by atoms with Gasteiger partial charge in [0, 0.05) is 55.9 Å². The number of ether oxygens (including phenoxy) is 1. The summed E-state index contributed by atoms with van der Waals surface area (Å²) in [4.78, 5) is 16.3. The fraction of sp³-hybridized carbons (Fsp3) is 0.348. The predicted octanol–water partition coefficient (Wildman–Crippen LogP) is 4.11. The average molecular weight is 415 g/mol. The van der Waals surface area contributed by atoms with Gasteiger partial charge in [-0.25, -0.2) is 4.79 Å². The Morgan fingerprint density at radius 2 is 1.79 bits per heavy atom. The zero-order valence-corrected chi connectivity index (χ0v) is 17.5. The monoisotopic (exact) mass is 414 g/mol. The van der Waals surface area contributed by atoms with Crippen molar-refractivity contribution in [2.24, 2.45) is 0 Å². The molecule has 2 heterocycles. The summed E-state index contributed by atoms with van der Waals surface area (Å²) in [6, 6.07) is 17.5. The first-order valence-corrected chi connectivity index (χ1v) is 9.88. The highest BCUT2D eigenvalue weighted by molar-refractivity contribution is 5.85. The molecule has 0 atom stereocenters. The maximum Gasteiger partial charge on any atom is 0.336 e. The molecular weight excluding hydrogens is 388 g/mol. The summed E-state index contributed by atoms with van der Waals surface area (Å²) in [7, 11) is 0. The molecule has 2 aromatic carbocycles. The van der Waals surface area contributed by atoms with Gasteiger partial charge in [-0.1, -0.05) is 12.1 Å². The van der Waals surface area contributed by atoms with E-state index in [1.54, 1.807) is 12.1 Å². The van der Waals surface area contributed by atoms with Crippen molar-refractivity contribution in [3.05, 3.63) is 70.6 Å². The lowest BCUT2D eigenvalue weighted by Crippen LogP contribution is -2.46. The third-order valence-corrected chi connectivity index (χ3v) is 5.22. The topological polar surface area (TPSA) is 45.9 Å².